The van der Waals surface area contributed by atoms with Crippen molar-refractivity contribution in [3.63, 3.8) is 0 Å². The van der Waals surface area contributed by atoms with E-state index in [9.17, 15) is 4.79 Å². The predicted octanol–water partition coefficient (Wildman–Crippen LogP) is 3.64. The van der Waals surface area contributed by atoms with E-state index in [1.807, 2.05) is 4.90 Å². The number of nitrogens with zero attached hydrogens (tertiary/aromatic N) is 1. The number of carbonyl (C=O) groups excluding carboxylic acids is 1. The molecule has 0 spiro atoms. The Morgan fingerprint density at radius 3 is 2.67 bits per heavy atom. The van der Waals surface area contributed by atoms with Crippen molar-refractivity contribution in [2.24, 2.45) is 11.8 Å². The molecular formula is C15H30N2O. The molecule has 1 heterocycles. The summed E-state index contributed by atoms with van der Waals surface area (Å²) in [6, 6.07) is 0.436. The van der Waals surface area contributed by atoms with Gasteiger partial charge in [-0.1, -0.05) is 27.2 Å². The largest absolute Gasteiger partial charge is 0.336 e. The highest BCUT2D eigenvalue weighted by Crippen LogP contribution is 2.19. The van der Waals surface area contributed by atoms with E-state index in [1.54, 1.807) is 0 Å². The maximum atomic E-state index is 12.1. The van der Waals surface area contributed by atoms with Crippen LogP contribution in [0.2, 0.25) is 0 Å². The summed E-state index contributed by atoms with van der Waals surface area (Å²) >= 11 is 0. The molecule has 1 fully saturated rings. The van der Waals surface area contributed by atoms with Gasteiger partial charge in [-0.25, -0.2) is 4.79 Å². The van der Waals surface area contributed by atoms with Gasteiger partial charge in [0.05, 0.1) is 0 Å². The lowest BCUT2D eigenvalue weighted by atomic mass is 9.96. The van der Waals surface area contributed by atoms with E-state index in [-0.39, 0.29) is 6.03 Å². The fraction of sp³-hybridized carbons (Fsp3) is 0.933. The first-order chi connectivity index (χ1) is 8.52. The molecule has 0 radical (unpaired) electrons. The van der Waals surface area contributed by atoms with Crippen LogP contribution in [0, 0.1) is 11.8 Å². The van der Waals surface area contributed by atoms with Gasteiger partial charge in [0.15, 0.2) is 0 Å². The van der Waals surface area contributed by atoms with Gasteiger partial charge in [-0.05, 0) is 44.4 Å². The topological polar surface area (TPSA) is 32.3 Å². The highest BCUT2D eigenvalue weighted by molar-refractivity contribution is 5.74. The molecular weight excluding hydrogens is 224 g/mol. The Hall–Kier alpha value is -0.730. The van der Waals surface area contributed by atoms with Gasteiger partial charge in [0.25, 0.3) is 0 Å². The molecule has 0 aromatic rings. The monoisotopic (exact) mass is 254 g/mol. The third-order valence-electron chi connectivity index (χ3n) is 3.93. The lowest BCUT2D eigenvalue weighted by molar-refractivity contribution is 0.160. The zero-order valence-electron chi connectivity index (χ0n) is 12.5. The molecule has 0 aromatic heterocycles. The number of nitrogens with one attached hydrogen (secondary N) is 1. The molecule has 2 amide bonds. The van der Waals surface area contributed by atoms with Gasteiger partial charge in [0.2, 0.25) is 0 Å². The zero-order chi connectivity index (χ0) is 13.5. The number of amides is 2. The highest BCUT2D eigenvalue weighted by atomic mass is 16.2. The number of rotatable bonds is 5. The zero-order valence-corrected chi connectivity index (χ0v) is 12.5. The maximum Gasteiger partial charge on any atom is 0.317 e. The summed E-state index contributed by atoms with van der Waals surface area (Å²) in [6.45, 7) is 10.7. The van der Waals surface area contributed by atoms with Crippen LogP contribution in [0.5, 0.6) is 0 Å². The first-order valence-electron chi connectivity index (χ1n) is 7.58. The molecule has 2 unspecified atom stereocenters. The summed E-state index contributed by atoms with van der Waals surface area (Å²) in [5.41, 5.74) is 0. The lowest BCUT2D eigenvalue weighted by Gasteiger charge is -2.33. The quantitative estimate of drug-likeness (QED) is 0.798. The van der Waals surface area contributed by atoms with E-state index in [0.29, 0.717) is 17.9 Å². The van der Waals surface area contributed by atoms with E-state index in [0.717, 1.165) is 25.9 Å². The second-order valence-electron chi connectivity index (χ2n) is 6.18. The Bertz CT molecular complexity index is 253. The van der Waals surface area contributed by atoms with Crippen molar-refractivity contribution in [3.8, 4) is 0 Å². The van der Waals surface area contributed by atoms with Crippen LogP contribution in [-0.2, 0) is 0 Å². The molecule has 18 heavy (non-hydrogen) atoms. The molecule has 2 atom stereocenters. The van der Waals surface area contributed by atoms with Crippen LogP contribution in [0.3, 0.4) is 0 Å². The van der Waals surface area contributed by atoms with E-state index >= 15 is 0 Å². The summed E-state index contributed by atoms with van der Waals surface area (Å²) < 4.78 is 0. The molecule has 0 aromatic carbocycles. The third kappa shape index (κ3) is 5.28. The lowest BCUT2D eigenvalue weighted by Crippen LogP contribution is -2.48. The van der Waals surface area contributed by atoms with Crippen LogP contribution in [0.15, 0.2) is 0 Å². The SMILES string of the molecule is CCC1CCCN(C(=O)NC(C)CCC(C)C)C1. The minimum absolute atomic E-state index is 0.143. The Kier molecular flexibility index (Phi) is 6.51. The molecule has 3 heteroatoms. The second-order valence-corrected chi connectivity index (χ2v) is 6.18. The van der Waals surface area contributed by atoms with Crippen LogP contribution in [0.1, 0.15) is 59.8 Å². The molecule has 1 N–H and O–H groups in total. The van der Waals surface area contributed by atoms with Crippen LogP contribution in [-0.4, -0.2) is 30.1 Å². The summed E-state index contributed by atoms with van der Waals surface area (Å²) in [7, 11) is 0. The van der Waals surface area contributed by atoms with Gasteiger partial charge < -0.3 is 10.2 Å². The molecule has 3 nitrogen and oxygen atoms in total. The van der Waals surface area contributed by atoms with Crippen molar-refractivity contribution < 1.29 is 4.79 Å². The Balaban J connectivity index is 2.30. The van der Waals surface area contributed by atoms with Crippen molar-refractivity contribution >= 4 is 6.03 Å². The van der Waals surface area contributed by atoms with Gasteiger partial charge in [0, 0.05) is 19.1 Å². The van der Waals surface area contributed by atoms with Crippen LogP contribution >= 0.6 is 0 Å². The van der Waals surface area contributed by atoms with Gasteiger partial charge in [0.1, 0.15) is 0 Å². The smallest absolute Gasteiger partial charge is 0.317 e. The maximum absolute atomic E-state index is 12.1. The van der Waals surface area contributed by atoms with Crippen LogP contribution in [0.4, 0.5) is 4.79 Å². The van der Waals surface area contributed by atoms with Gasteiger partial charge in [-0.3, -0.25) is 0 Å². The fourth-order valence-corrected chi connectivity index (χ4v) is 2.54. The average molecular weight is 254 g/mol. The third-order valence-corrected chi connectivity index (χ3v) is 3.93. The van der Waals surface area contributed by atoms with Crippen molar-refractivity contribution in [1.82, 2.24) is 10.2 Å². The minimum atomic E-state index is 0.143. The van der Waals surface area contributed by atoms with Crippen LogP contribution in [0.25, 0.3) is 0 Å². The van der Waals surface area contributed by atoms with E-state index in [2.05, 4.69) is 33.0 Å². The van der Waals surface area contributed by atoms with Crippen molar-refractivity contribution in [2.45, 2.75) is 65.8 Å². The normalized spacial score (nSPS) is 22.1. The molecule has 1 saturated heterocycles. The Morgan fingerprint density at radius 1 is 1.33 bits per heavy atom. The average Bonchev–Trinajstić information content (AvgIpc) is 2.36. The molecule has 106 valence electrons. The summed E-state index contributed by atoms with van der Waals surface area (Å²) in [6.07, 6.45) is 5.88. The summed E-state index contributed by atoms with van der Waals surface area (Å²) in [4.78, 5) is 14.1. The molecule has 0 saturated carbocycles. The van der Waals surface area contributed by atoms with E-state index < -0.39 is 0 Å². The molecule has 0 aliphatic carbocycles. The highest BCUT2D eigenvalue weighted by Gasteiger charge is 2.23. The van der Waals surface area contributed by atoms with E-state index in [1.165, 1.54) is 19.3 Å². The molecule has 1 aliphatic rings. The number of hydrogen-bond acceptors (Lipinski definition) is 1. The van der Waals surface area contributed by atoms with Gasteiger partial charge >= 0.3 is 6.03 Å². The van der Waals surface area contributed by atoms with Crippen molar-refractivity contribution in [2.75, 3.05) is 13.1 Å². The molecule has 0 bridgehead atoms. The molecule has 1 rings (SSSR count). The number of piperidine rings is 1. The number of urea groups is 1. The molecule has 1 aliphatic heterocycles. The Morgan fingerprint density at radius 2 is 2.06 bits per heavy atom. The Labute approximate surface area is 112 Å². The van der Waals surface area contributed by atoms with Crippen molar-refractivity contribution in [1.29, 1.82) is 0 Å². The summed E-state index contributed by atoms with van der Waals surface area (Å²) in [5.74, 6) is 1.42. The van der Waals surface area contributed by atoms with Crippen LogP contribution < -0.4 is 5.32 Å². The minimum Gasteiger partial charge on any atom is -0.336 e. The number of likely N-dealkylation sites (tertiary alicyclic amines) is 1. The first-order valence-corrected chi connectivity index (χ1v) is 7.58. The summed E-state index contributed by atoms with van der Waals surface area (Å²) in [5, 5.41) is 3.14. The predicted molar refractivity (Wildman–Crippen MR) is 76.7 cm³/mol. The van der Waals surface area contributed by atoms with Gasteiger partial charge in [-0.2, -0.15) is 0 Å². The first kappa shape index (κ1) is 15.3. The van der Waals surface area contributed by atoms with Crippen molar-refractivity contribution in [3.05, 3.63) is 0 Å². The number of hydrogen-bond donors (Lipinski definition) is 1. The van der Waals surface area contributed by atoms with E-state index in [4.69, 9.17) is 0 Å². The van der Waals surface area contributed by atoms with Gasteiger partial charge in [-0.15, -0.1) is 0 Å². The second kappa shape index (κ2) is 7.65. The fourth-order valence-electron chi connectivity index (χ4n) is 2.54. The number of carbonyl (C=O) groups is 1. The standard InChI is InChI=1S/C15H30N2O/c1-5-14-7-6-10-17(11-14)15(18)16-13(4)9-8-12(2)3/h12-14H,5-11H2,1-4H3,(H,16,18).